The predicted molar refractivity (Wildman–Crippen MR) is 65.3 cm³/mol. The maximum absolute atomic E-state index is 11.6. The Bertz CT molecular complexity index is 394. The van der Waals surface area contributed by atoms with Gasteiger partial charge in [0.15, 0.2) is 0 Å². The van der Waals surface area contributed by atoms with Crippen LogP contribution in [-0.4, -0.2) is 37.1 Å². The molecule has 4 heteroatoms. The molecule has 4 nitrogen and oxygen atoms in total. The molecule has 1 heterocycles. The van der Waals surface area contributed by atoms with Crippen LogP contribution in [0.5, 0.6) is 0 Å². The summed E-state index contributed by atoms with van der Waals surface area (Å²) in [5.41, 5.74) is 7.28. The van der Waals surface area contributed by atoms with E-state index in [2.05, 4.69) is 0 Å². The molecule has 2 N–H and O–H groups in total. The molecule has 3 atom stereocenters. The second-order valence-corrected chi connectivity index (χ2v) is 4.46. The highest BCUT2D eigenvalue weighted by Gasteiger charge is 2.41. The normalized spacial score (nSPS) is 29.2. The molecule has 1 fully saturated rings. The molecule has 0 radical (unpaired) electrons. The van der Waals surface area contributed by atoms with Crippen LogP contribution >= 0.6 is 0 Å². The molecule has 1 aliphatic heterocycles. The van der Waals surface area contributed by atoms with Gasteiger partial charge in [0.05, 0.1) is 13.2 Å². The molecule has 0 amide bonds. The Balaban J connectivity index is 2.23. The fourth-order valence-corrected chi connectivity index (χ4v) is 2.58. The van der Waals surface area contributed by atoms with Gasteiger partial charge in [-0.05, 0) is 19.0 Å². The fourth-order valence-electron chi connectivity index (χ4n) is 2.58. The van der Waals surface area contributed by atoms with E-state index in [1.807, 2.05) is 42.3 Å². The molecule has 92 valence electrons. The van der Waals surface area contributed by atoms with Gasteiger partial charge in [0, 0.05) is 6.04 Å². The van der Waals surface area contributed by atoms with E-state index in [0.717, 1.165) is 5.56 Å². The standard InChI is InChI=1S/C13H18N2O2/c1-15-11(13(16)17-2)8-10(14)12(15)9-6-4-3-5-7-9/h3-7,10-12H,8,14H2,1-2H3/t10-,11+,12+/m1/s1. The first-order chi connectivity index (χ1) is 8.15. The number of benzene rings is 1. The average Bonchev–Trinajstić information content (AvgIpc) is 2.65. The summed E-state index contributed by atoms with van der Waals surface area (Å²) in [4.78, 5) is 13.6. The van der Waals surface area contributed by atoms with Crippen molar-refractivity contribution in [3.05, 3.63) is 35.9 Å². The molecule has 0 saturated carbocycles. The van der Waals surface area contributed by atoms with Crippen LogP contribution in [-0.2, 0) is 9.53 Å². The monoisotopic (exact) mass is 234 g/mol. The van der Waals surface area contributed by atoms with Gasteiger partial charge in [0.25, 0.3) is 0 Å². The van der Waals surface area contributed by atoms with Crippen LogP contribution in [0.15, 0.2) is 30.3 Å². The largest absolute Gasteiger partial charge is 0.468 e. The van der Waals surface area contributed by atoms with Crippen molar-refractivity contribution in [1.82, 2.24) is 4.90 Å². The lowest BCUT2D eigenvalue weighted by molar-refractivity contribution is -0.145. The van der Waals surface area contributed by atoms with Crippen molar-refractivity contribution in [2.24, 2.45) is 5.73 Å². The number of nitrogens with zero attached hydrogens (tertiary/aromatic N) is 1. The summed E-state index contributed by atoms with van der Waals surface area (Å²) in [6, 6.07) is 9.85. The Morgan fingerprint density at radius 3 is 2.65 bits per heavy atom. The number of methoxy groups -OCH3 is 1. The number of carbonyl (C=O) groups excluding carboxylic acids is 1. The highest BCUT2D eigenvalue weighted by molar-refractivity contribution is 5.76. The van der Waals surface area contributed by atoms with E-state index in [0.29, 0.717) is 6.42 Å². The van der Waals surface area contributed by atoms with E-state index in [-0.39, 0.29) is 24.1 Å². The third-order valence-corrected chi connectivity index (χ3v) is 3.45. The van der Waals surface area contributed by atoms with Crippen molar-refractivity contribution in [3.63, 3.8) is 0 Å². The summed E-state index contributed by atoms with van der Waals surface area (Å²) in [5, 5.41) is 0. The molecule has 0 unspecified atom stereocenters. The average molecular weight is 234 g/mol. The summed E-state index contributed by atoms with van der Waals surface area (Å²) < 4.78 is 4.80. The molecule has 17 heavy (non-hydrogen) atoms. The van der Waals surface area contributed by atoms with E-state index in [1.165, 1.54) is 7.11 Å². The van der Waals surface area contributed by atoms with Gasteiger partial charge in [-0.25, -0.2) is 0 Å². The van der Waals surface area contributed by atoms with Crippen molar-refractivity contribution in [1.29, 1.82) is 0 Å². The molecule has 1 aromatic carbocycles. The number of likely N-dealkylation sites (N-methyl/N-ethyl adjacent to an activating group) is 1. The molecule has 0 bridgehead atoms. The van der Waals surface area contributed by atoms with Gasteiger partial charge < -0.3 is 10.5 Å². The summed E-state index contributed by atoms with van der Waals surface area (Å²) in [6.07, 6.45) is 0.642. The van der Waals surface area contributed by atoms with E-state index < -0.39 is 0 Å². The first kappa shape index (κ1) is 12.1. The van der Waals surface area contributed by atoms with E-state index in [9.17, 15) is 4.79 Å². The fraction of sp³-hybridized carbons (Fsp3) is 0.462. The highest BCUT2D eigenvalue weighted by Crippen LogP contribution is 2.34. The summed E-state index contributed by atoms with van der Waals surface area (Å²) in [7, 11) is 3.34. The molecule has 0 aromatic heterocycles. The Hall–Kier alpha value is -1.39. The van der Waals surface area contributed by atoms with Gasteiger partial charge in [-0.2, -0.15) is 0 Å². The van der Waals surface area contributed by atoms with Crippen molar-refractivity contribution < 1.29 is 9.53 Å². The van der Waals surface area contributed by atoms with Gasteiger partial charge in [-0.3, -0.25) is 9.69 Å². The zero-order chi connectivity index (χ0) is 12.4. The van der Waals surface area contributed by atoms with Gasteiger partial charge in [-0.15, -0.1) is 0 Å². The van der Waals surface area contributed by atoms with Crippen LogP contribution in [0, 0.1) is 0 Å². The minimum Gasteiger partial charge on any atom is -0.468 e. The number of carbonyl (C=O) groups is 1. The smallest absolute Gasteiger partial charge is 0.323 e. The van der Waals surface area contributed by atoms with Crippen LogP contribution < -0.4 is 5.73 Å². The number of nitrogens with two attached hydrogens (primary N) is 1. The molecule has 0 spiro atoms. The molecule has 1 aliphatic rings. The minimum atomic E-state index is -0.236. The van der Waals surface area contributed by atoms with Crippen LogP contribution in [0.1, 0.15) is 18.0 Å². The number of rotatable bonds is 2. The first-order valence-electron chi connectivity index (χ1n) is 5.75. The molecular weight excluding hydrogens is 216 g/mol. The Morgan fingerprint density at radius 2 is 2.06 bits per heavy atom. The third-order valence-electron chi connectivity index (χ3n) is 3.45. The first-order valence-corrected chi connectivity index (χ1v) is 5.75. The van der Waals surface area contributed by atoms with Gasteiger partial charge in [0.2, 0.25) is 0 Å². The number of likely N-dealkylation sites (tertiary alicyclic amines) is 1. The number of hydrogen-bond donors (Lipinski definition) is 1. The Morgan fingerprint density at radius 1 is 1.41 bits per heavy atom. The molecule has 2 rings (SSSR count). The van der Waals surface area contributed by atoms with Crippen molar-refractivity contribution in [3.8, 4) is 0 Å². The van der Waals surface area contributed by atoms with E-state index in [4.69, 9.17) is 10.5 Å². The SMILES string of the molecule is COC(=O)[C@@H]1C[C@@H](N)[C@H](c2ccccc2)N1C. The summed E-state index contributed by atoms with van der Waals surface area (Å²) in [5.74, 6) is -0.207. The van der Waals surface area contributed by atoms with E-state index in [1.54, 1.807) is 0 Å². The molecular formula is C13H18N2O2. The lowest BCUT2D eigenvalue weighted by Crippen LogP contribution is -2.35. The molecule has 1 aromatic rings. The highest BCUT2D eigenvalue weighted by atomic mass is 16.5. The van der Waals surface area contributed by atoms with Crippen molar-refractivity contribution in [2.45, 2.75) is 24.5 Å². The van der Waals surface area contributed by atoms with Crippen LogP contribution in [0.25, 0.3) is 0 Å². The number of hydrogen-bond acceptors (Lipinski definition) is 4. The number of esters is 1. The van der Waals surface area contributed by atoms with E-state index >= 15 is 0 Å². The van der Waals surface area contributed by atoms with Gasteiger partial charge in [0.1, 0.15) is 6.04 Å². The van der Waals surface area contributed by atoms with Gasteiger partial charge in [-0.1, -0.05) is 30.3 Å². The maximum Gasteiger partial charge on any atom is 0.323 e. The maximum atomic E-state index is 11.6. The minimum absolute atomic E-state index is 0.0356. The van der Waals surface area contributed by atoms with Crippen LogP contribution in [0.4, 0.5) is 0 Å². The second kappa shape index (κ2) is 4.85. The van der Waals surface area contributed by atoms with Gasteiger partial charge >= 0.3 is 5.97 Å². The zero-order valence-corrected chi connectivity index (χ0v) is 10.2. The summed E-state index contributed by atoms with van der Waals surface area (Å²) >= 11 is 0. The second-order valence-electron chi connectivity index (χ2n) is 4.46. The zero-order valence-electron chi connectivity index (χ0n) is 10.2. The third kappa shape index (κ3) is 2.18. The Kier molecular flexibility index (Phi) is 3.45. The number of ether oxygens (including phenoxy) is 1. The van der Waals surface area contributed by atoms with Crippen molar-refractivity contribution >= 4 is 5.97 Å². The lowest BCUT2D eigenvalue weighted by atomic mass is 10.0. The predicted octanol–water partition coefficient (Wildman–Crippen LogP) is 0.932. The van der Waals surface area contributed by atoms with Crippen LogP contribution in [0.2, 0.25) is 0 Å². The Labute approximate surface area is 101 Å². The topological polar surface area (TPSA) is 55.6 Å². The lowest BCUT2D eigenvalue weighted by Gasteiger charge is -2.25. The van der Waals surface area contributed by atoms with Crippen molar-refractivity contribution in [2.75, 3.05) is 14.2 Å². The molecule has 0 aliphatic carbocycles. The van der Waals surface area contributed by atoms with Crippen LogP contribution in [0.3, 0.4) is 0 Å². The summed E-state index contributed by atoms with van der Waals surface area (Å²) in [6.45, 7) is 0. The molecule has 1 saturated heterocycles. The quantitative estimate of drug-likeness (QED) is 0.773.